The van der Waals surface area contributed by atoms with Gasteiger partial charge in [-0.1, -0.05) is 37.6 Å². The van der Waals surface area contributed by atoms with E-state index >= 15 is 0 Å². The zero-order valence-electron chi connectivity index (χ0n) is 11.1. The Labute approximate surface area is 109 Å². The number of benzene rings is 1. The van der Waals surface area contributed by atoms with Crippen molar-refractivity contribution in [2.45, 2.75) is 39.3 Å². The van der Waals surface area contributed by atoms with E-state index in [9.17, 15) is 5.11 Å². The van der Waals surface area contributed by atoms with Gasteiger partial charge < -0.3 is 9.67 Å². The molecular formula is C16H21NO. The lowest BCUT2D eigenvalue weighted by Crippen LogP contribution is -1.99. The fraction of sp³-hybridized carbons (Fsp3) is 0.375. The van der Waals surface area contributed by atoms with Crippen LogP contribution in [0.1, 0.15) is 42.6 Å². The molecule has 0 saturated carbocycles. The number of hydrogen-bond acceptors (Lipinski definition) is 1. The lowest BCUT2D eigenvalue weighted by atomic mass is 10.1. The summed E-state index contributed by atoms with van der Waals surface area (Å²) in [6.07, 6.45) is 5.60. The lowest BCUT2D eigenvalue weighted by Gasteiger charge is -2.08. The van der Waals surface area contributed by atoms with Gasteiger partial charge in [0.2, 0.25) is 0 Å². The Morgan fingerprint density at radius 2 is 2.00 bits per heavy atom. The van der Waals surface area contributed by atoms with Crippen LogP contribution in [0.2, 0.25) is 0 Å². The molecule has 1 unspecified atom stereocenters. The molecule has 1 atom stereocenters. The number of aliphatic hydroxyl groups is 1. The van der Waals surface area contributed by atoms with Crippen molar-refractivity contribution >= 4 is 0 Å². The first-order valence-electron chi connectivity index (χ1n) is 6.59. The van der Waals surface area contributed by atoms with Crippen LogP contribution in [0.5, 0.6) is 0 Å². The Balaban J connectivity index is 2.09. The largest absolute Gasteiger partial charge is 0.388 e. The highest BCUT2D eigenvalue weighted by Gasteiger charge is 2.08. The summed E-state index contributed by atoms with van der Waals surface area (Å²) in [6, 6.07) is 10.4. The summed E-state index contributed by atoms with van der Waals surface area (Å²) in [4.78, 5) is 0. The van der Waals surface area contributed by atoms with Crippen LogP contribution in [-0.4, -0.2) is 9.67 Å². The van der Waals surface area contributed by atoms with Crippen LogP contribution in [0.3, 0.4) is 0 Å². The smallest absolute Gasteiger partial charge is 0.0804 e. The number of aryl methyl sites for hydroxylation is 1. The molecule has 2 rings (SSSR count). The van der Waals surface area contributed by atoms with Gasteiger partial charge in [0.15, 0.2) is 0 Å². The molecule has 0 aliphatic carbocycles. The summed E-state index contributed by atoms with van der Waals surface area (Å²) in [5, 5.41) is 9.94. The first-order chi connectivity index (χ1) is 8.70. The van der Waals surface area contributed by atoms with Crippen molar-refractivity contribution < 1.29 is 5.11 Å². The molecule has 1 aromatic carbocycles. The summed E-state index contributed by atoms with van der Waals surface area (Å²) in [5.41, 5.74) is 3.65. The topological polar surface area (TPSA) is 25.2 Å². The average molecular weight is 243 g/mol. The Bertz CT molecular complexity index is 501. The van der Waals surface area contributed by atoms with Crippen molar-refractivity contribution in [1.29, 1.82) is 0 Å². The molecule has 2 nitrogen and oxygen atoms in total. The molecule has 0 fully saturated rings. The van der Waals surface area contributed by atoms with E-state index in [1.54, 1.807) is 0 Å². The van der Waals surface area contributed by atoms with Crippen LogP contribution in [0.4, 0.5) is 0 Å². The number of hydrogen-bond donors (Lipinski definition) is 1. The van der Waals surface area contributed by atoms with Gasteiger partial charge in [-0.15, -0.1) is 0 Å². The third-order valence-corrected chi connectivity index (χ3v) is 3.33. The van der Waals surface area contributed by atoms with Crippen LogP contribution < -0.4 is 0 Å². The van der Waals surface area contributed by atoms with E-state index in [2.05, 4.69) is 42.7 Å². The predicted octanol–water partition coefficient (Wildman–Crippen LogP) is 3.68. The van der Waals surface area contributed by atoms with E-state index in [1.807, 2.05) is 18.5 Å². The number of nitrogens with zero attached hydrogens (tertiary/aromatic N) is 1. The molecule has 1 N–H and O–H groups in total. The fourth-order valence-corrected chi connectivity index (χ4v) is 2.18. The molecule has 0 amide bonds. The normalized spacial score (nSPS) is 12.6. The minimum atomic E-state index is -0.326. The van der Waals surface area contributed by atoms with Gasteiger partial charge in [-0.2, -0.15) is 0 Å². The fourth-order valence-electron chi connectivity index (χ4n) is 2.18. The van der Waals surface area contributed by atoms with Crippen LogP contribution >= 0.6 is 0 Å². The van der Waals surface area contributed by atoms with E-state index in [0.29, 0.717) is 0 Å². The first kappa shape index (κ1) is 12.9. The summed E-state index contributed by atoms with van der Waals surface area (Å²) >= 11 is 0. The molecule has 0 radical (unpaired) electrons. The summed E-state index contributed by atoms with van der Waals surface area (Å²) in [7, 11) is 0. The average Bonchev–Trinajstić information content (AvgIpc) is 2.81. The summed E-state index contributed by atoms with van der Waals surface area (Å²) in [5.74, 6) is 0. The summed E-state index contributed by atoms with van der Waals surface area (Å²) in [6.45, 7) is 5.09. The standard InChI is InChI=1S/C16H21NO/c1-3-6-16(18)15-9-10-17(12-15)11-14-8-5-4-7-13(14)2/h4-5,7-10,12,16,18H,3,6,11H2,1-2H3. The highest BCUT2D eigenvalue weighted by atomic mass is 16.3. The van der Waals surface area contributed by atoms with Gasteiger partial charge in [-0.25, -0.2) is 0 Å². The minimum Gasteiger partial charge on any atom is -0.388 e. The van der Waals surface area contributed by atoms with Crippen molar-refractivity contribution in [2.24, 2.45) is 0 Å². The Kier molecular flexibility index (Phi) is 4.21. The molecule has 0 saturated heterocycles. The maximum absolute atomic E-state index is 9.94. The van der Waals surface area contributed by atoms with Crippen molar-refractivity contribution in [3.63, 3.8) is 0 Å². The van der Waals surface area contributed by atoms with Crippen molar-refractivity contribution in [2.75, 3.05) is 0 Å². The minimum absolute atomic E-state index is 0.326. The van der Waals surface area contributed by atoms with Gasteiger partial charge in [-0.3, -0.25) is 0 Å². The molecule has 18 heavy (non-hydrogen) atoms. The van der Waals surface area contributed by atoms with Gasteiger partial charge in [0.1, 0.15) is 0 Å². The second-order valence-corrected chi connectivity index (χ2v) is 4.85. The van der Waals surface area contributed by atoms with Crippen molar-refractivity contribution in [3.05, 3.63) is 59.4 Å². The van der Waals surface area contributed by atoms with Gasteiger partial charge in [0.25, 0.3) is 0 Å². The zero-order chi connectivity index (χ0) is 13.0. The Hall–Kier alpha value is -1.54. The molecule has 0 spiro atoms. The monoisotopic (exact) mass is 243 g/mol. The SMILES string of the molecule is CCCC(O)c1ccn(Cc2ccccc2C)c1. The third-order valence-electron chi connectivity index (χ3n) is 3.33. The molecule has 0 aliphatic rings. The van der Waals surface area contributed by atoms with Crippen LogP contribution in [-0.2, 0) is 6.54 Å². The van der Waals surface area contributed by atoms with E-state index in [4.69, 9.17) is 0 Å². The van der Waals surface area contributed by atoms with Crippen molar-refractivity contribution in [3.8, 4) is 0 Å². The molecular weight excluding hydrogens is 222 g/mol. The lowest BCUT2D eigenvalue weighted by molar-refractivity contribution is 0.166. The Morgan fingerprint density at radius 3 is 2.72 bits per heavy atom. The number of aliphatic hydroxyl groups excluding tert-OH is 1. The van der Waals surface area contributed by atoms with Crippen LogP contribution in [0.15, 0.2) is 42.7 Å². The second-order valence-electron chi connectivity index (χ2n) is 4.85. The molecule has 0 bridgehead atoms. The molecule has 2 heteroatoms. The van der Waals surface area contributed by atoms with E-state index in [0.717, 1.165) is 24.9 Å². The third kappa shape index (κ3) is 3.02. The summed E-state index contributed by atoms with van der Waals surface area (Å²) < 4.78 is 2.14. The van der Waals surface area contributed by atoms with Crippen LogP contribution in [0, 0.1) is 6.92 Å². The highest BCUT2D eigenvalue weighted by Crippen LogP contribution is 2.19. The maximum Gasteiger partial charge on any atom is 0.0804 e. The van der Waals surface area contributed by atoms with Crippen LogP contribution in [0.25, 0.3) is 0 Å². The first-order valence-corrected chi connectivity index (χ1v) is 6.59. The molecule has 1 aromatic heterocycles. The van der Waals surface area contributed by atoms with Gasteiger partial charge in [0.05, 0.1) is 6.10 Å². The second kappa shape index (κ2) is 5.87. The maximum atomic E-state index is 9.94. The van der Waals surface area contributed by atoms with Gasteiger partial charge >= 0.3 is 0 Å². The van der Waals surface area contributed by atoms with E-state index < -0.39 is 0 Å². The Morgan fingerprint density at radius 1 is 1.22 bits per heavy atom. The highest BCUT2D eigenvalue weighted by molar-refractivity contribution is 5.26. The molecule has 0 aliphatic heterocycles. The van der Waals surface area contributed by atoms with Crippen molar-refractivity contribution in [1.82, 2.24) is 4.57 Å². The molecule has 1 heterocycles. The number of aromatic nitrogens is 1. The van der Waals surface area contributed by atoms with E-state index in [1.165, 1.54) is 11.1 Å². The molecule has 2 aromatic rings. The molecule has 96 valence electrons. The number of rotatable bonds is 5. The van der Waals surface area contributed by atoms with Gasteiger partial charge in [0, 0.05) is 18.9 Å². The van der Waals surface area contributed by atoms with Gasteiger partial charge in [-0.05, 0) is 36.1 Å². The quantitative estimate of drug-likeness (QED) is 0.851. The predicted molar refractivity (Wildman–Crippen MR) is 74.6 cm³/mol. The van der Waals surface area contributed by atoms with E-state index in [-0.39, 0.29) is 6.10 Å². The zero-order valence-corrected chi connectivity index (χ0v) is 11.1.